The smallest absolute Gasteiger partial charge is 0.248 e. The van der Waals surface area contributed by atoms with Gasteiger partial charge in [0.15, 0.2) is 0 Å². The number of nitrogens with zero attached hydrogens (tertiary/aromatic N) is 1. The molecule has 2 rings (SSSR count). The first-order valence-electron chi connectivity index (χ1n) is 5.19. The highest BCUT2D eigenvalue weighted by Gasteiger charge is 2.46. The molecule has 4 heteroatoms. The van der Waals surface area contributed by atoms with Crippen LogP contribution in [-0.2, 0) is 0 Å². The van der Waals surface area contributed by atoms with Crippen LogP contribution in [0.15, 0.2) is 0 Å². The summed E-state index contributed by atoms with van der Waals surface area (Å²) in [6.07, 6.45) is 0.827. The zero-order chi connectivity index (χ0) is 10.4. The van der Waals surface area contributed by atoms with Crippen molar-refractivity contribution in [3.8, 4) is 0 Å². The normalized spacial score (nSPS) is 38.6. The van der Waals surface area contributed by atoms with Gasteiger partial charge >= 0.3 is 0 Å². The number of alkyl halides is 2. The Kier molecular flexibility index (Phi) is 2.31. The number of hydrogen-bond donors (Lipinski definition) is 1. The fraction of sp³-hybridized carbons (Fsp3) is 1.00. The second kappa shape index (κ2) is 3.14. The summed E-state index contributed by atoms with van der Waals surface area (Å²) < 4.78 is 25.1. The Balaban J connectivity index is 1.73. The molecule has 1 atom stereocenters. The summed E-state index contributed by atoms with van der Waals surface area (Å²) in [5.41, 5.74) is -0.605. The minimum atomic E-state index is -2.41. The third kappa shape index (κ3) is 2.23. The lowest BCUT2D eigenvalue weighted by atomic mass is 9.81. The number of likely N-dealkylation sites (tertiary alicyclic amines) is 1. The van der Waals surface area contributed by atoms with Gasteiger partial charge < -0.3 is 10.0 Å². The van der Waals surface area contributed by atoms with E-state index in [1.807, 2.05) is 6.92 Å². The van der Waals surface area contributed by atoms with Gasteiger partial charge in [0.05, 0.1) is 5.60 Å². The first-order chi connectivity index (χ1) is 6.36. The Morgan fingerprint density at radius 3 is 2.50 bits per heavy atom. The fourth-order valence-corrected chi connectivity index (χ4v) is 2.47. The summed E-state index contributed by atoms with van der Waals surface area (Å²) >= 11 is 0. The van der Waals surface area contributed by atoms with E-state index in [1.165, 1.54) is 0 Å². The van der Waals surface area contributed by atoms with Gasteiger partial charge in [0.1, 0.15) is 0 Å². The van der Waals surface area contributed by atoms with Crippen LogP contribution < -0.4 is 0 Å². The fourth-order valence-electron chi connectivity index (χ4n) is 2.47. The molecular formula is C10H17F2NO. The van der Waals surface area contributed by atoms with Gasteiger partial charge in [0, 0.05) is 32.5 Å². The quantitative estimate of drug-likeness (QED) is 0.738. The van der Waals surface area contributed by atoms with Crippen LogP contribution in [0, 0.1) is 5.92 Å². The lowest BCUT2D eigenvalue weighted by Gasteiger charge is -2.37. The average Bonchev–Trinajstić information content (AvgIpc) is 2.26. The summed E-state index contributed by atoms with van der Waals surface area (Å²) in [5.74, 6) is -2.27. The molecule has 0 radical (unpaired) electrons. The number of halogens is 2. The van der Waals surface area contributed by atoms with E-state index in [0.717, 1.165) is 19.5 Å². The molecule has 1 N–H and O–H groups in total. The third-order valence-corrected chi connectivity index (χ3v) is 3.22. The molecule has 1 saturated carbocycles. The summed E-state index contributed by atoms with van der Waals surface area (Å²) in [4.78, 5) is 2.10. The molecule has 0 aromatic heterocycles. The molecule has 1 heterocycles. The zero-order valence-electron chi connectivity index (χ0n) is 8.47. The molecule has 0 spiro atoms. The van der Waals surface area contributed by atoms with Gasteiger partial charge in [0.2, 0.25) is 5.92 Å². The summed E-state index contributed by atoms with van der Waals surface area (Å²) in [6.45, 7) is 4.01. The van der Waals surface area contributed by atoms with Gasteiger partial charge in [-0.2, -0.15) is 0 Å². The molecule has 2 nitrogen and oxygen atoms in total. The van der Waals surface area contributed by atoms with Crippen molar-refractivity contribution in [2.45, 2.75) is 37.7 Å². The van der Waals surface area contributed by atoms with Crippen molar-refractivity contribution in [3.63, 3.8) is 0 Å². The van der Waals surface area contributed by atoms with Gasteiger partial charge in [-0.3, -0.25) is 0 Å². The minimum Gasteiger partial charge on any atom is -0.389 e. The maximum absolute atomic E-state index is 12.5. The Hall–Kier alpha value is -0.220. The van der Waals surface area contributed by atoms with Crippen LogP contribution >= 0.6 is 0 Å². The van der Waals surface area contributed by atoms with E-state index in [4.69, 9.17) is 0 Å². The number of rotatable bonds is 2. The van der Waals surface area contributed by atoms with Crippen molar-refractivity contribution in [1.82, 2.24) is 4.90 Å². The second-order valence-corrected chi connectivity index (χ2v) is 5.11. The molecule has 0 bridgehead atoms. The zero-order valence-corrected chi connectivity index (χ0v) is 8.47. The van der Waals surface area contributed by atoms with Crippen LogP contribution in [-0.4, -0.2) is 41.2 Å². The van der Waals surface area contributed by atoms with Crippen LogP contribution in [0.5, 0.6) is 0 Å². The van der Waals surface area contributed by atoms with E-state index in [0.29, 0.717) is 6.54 Å². The van der Waals surface area contributed by atoms with E-state index in [1.54, 1.807) is 0 Å². The van der Waals surface area contributed by atoms with E-state index in [2.05, 4.69) is 4.90 Å². The largest absolute Gasteiger partial charge is 0.389 e. The molecule has 0 aromatic carbocycles. The van der Waals surface area contributed by atoms with E-state index in [9.17, 15) is 13.9 Å². The first-order valence-corrected chi connectivity index (χ1v) is 5.19. The van der Waals surface area contributed by atoms with Crippen LogP contribution in [0.1, 0.15) is 26.2 Å². The Morgan fingerprint density at radius 2 is 2.07 bits per heavy atom. The molecule has 14 heavy (non-hydrogen) atoms. The second-order valence-electron chi connectivity index (χ2n) is 5.11. The highest BCUT2D eigenvalue weighted by atomic mass is 19.3. The maximum atomic E-state index is 12.5. The van der Waals surface area contributed by atoms with E-state index < -0.39 is 11.5 Å². The predicted octanol–water partition coefficient (Wildman–Crippen LogP) is 1.49. The molecule has 0 amide bonds. The molecule has 1 unspecified atom stereocenters. The molecule has 2 fully saturated rings. The molecule has 0 aromatic rings. The number of aliphatic hydroxyl groups is 1. The Morgan fingerprint density at radius 1 is 1.43 bits per heavy atom. The van der Waals surface area contributed by atoms with Crippen LogP contribution in [0.2, 0.25) is 0 Å². The Labute approximate surface area is 82.9 Å². The molecule has 1 aliphatic heterocycles. The molecular weight excluding hydrogens is 188 g/mol. The topological polar surface area (TPSA) is 23.5 Å². The summed E-state index contributed by atoms with van der Waals surface area (Å²) in [5, 5.41) is 9.68. The first kappa shape index (κ1) is 10.3. The van der Waals surface area contributed by atoms with Crippen molar-refractivity contribution in [1.29, 1.82) is 0 Å². The molecule has 1 aliphatic carbocycles. The predicted molar refractivity (Wildman–Crippen MR) is 49.4 cm³/mol. The van der Waals surface area contributed by atoms with Crippen molar-refractivity contribution >= 4 is 0 Å². The van der Waals surface area contributed by atoms with Gasteiger partial charge in [0.25, 0.3) is 0 Å². The number of hydrogen-bond acceptors (Lipinski definition) is 2. The van der Waals surface area contributed by atoms with E-state index in [-0.39, 0.29) is 18.8 Å². The molecule has 82 valence electrons. The lowest BCUT2D eigenvalue weighted by molar-refractivity contribution is -0.116. The number of β-amino-alcohol motifs (C(OH)–C–C–N with tert-alkyl or cyclic N) is 1. The lowest BCUT2D eigenvalue weighted by Crippen LogP contribution is -2.42. The monoisotopic (exact) mass is 205 g/mol. The molecule has 2 aliphatic rings. The van der Waals surface area contributed by atoms with Crippen molar-refractivity contribution < 1.29 is 13.9 Å². The van der Waals surface area contributed by atoms with Gasteiger partial charge in [-0.1, -0.05) is 0 Å². The highest BCUT2D eigenvalue weighted by Crippen LogP contribution is 2.43. The van der Waals surface area contributed by atoms with Crippen molar-refractivity contribution in [3.05, 3.63) is 0 Å². The van der Waals surface area contributed by atoms with Crippen LogP contribution in [0.3, 0.4) is 0 Å². The minimum absolute atomic E-state index is 0.0334. The van der Waals surface area contributed by atoms with Gasteiger partial charge in [-0.25, -0.2) is 8.78 Å². The Bertz CT molecular complexity index is 222. The van der Waals surface area contributed by atoms with Crippen molar-refractivity contribution in [2.75, 3.05) is 19.6 Å². The SMILES string of the molecule is CC1(O)CCN(CC2CC(F)(F)C2)C1. The van der Waals surface area contributed by atoms with Crippen LogP contribution in [0.25, 0.3) is 0 Å². The highest BCUT2D eigenvalue weighted by molar-refractivity contribution is 4.92. The summed E-state index contributed by atoms with van der Waals surface area (Å²) in [6, 6.07) is 0. The van der Waals surface area contributed by atoms with Crippen molar-refractivity contribution in [2.24, 2.45) is 5.92 Å². The van der Waals surface area contributed by atoms with E-state index >= 15 is 0 Å². The third-order valence-electron chi connectivity index (χ3n) is 3.22. The van der Waals surface area contributed by atoms with Gasteiger partial charge in [-0.05, 0) is 19.3 Å². The average molecular weight is 205 g/mol. The van der Waals surface area contributed by atoms with Crippen LogP contribution in [0.4, 0.5) is 8.78 Å². The summed E-state index contributed by atoms with van der Waals surface area (Å²) in [7, 11) is 0. The van der Waals surface area contributed by atoms with Gasteiger partial charge in [-0.15, -0.1) is 0 Å². The molecule has 1 saturated heterocycles. The standard InChI is InChI=1S/C10H17F2NO/c1-9(14)2-3-13(7-9)6-8-4-10(11,12)5-8/h8,14H,2-7H2,1H3. The maximum Gasteiger partial charge on any atom is 0.248 e.